The van der Waals surface area contributed by atoms with E-state index < -0.39 is 12.1 Å². The van der Waals surface area contributed by atoms with E-state index in [4.69, 9.17) is 4.74 Å². The minimum absolute atomic E-state index is 0.00972. The van der Waals surface area contributed by atoms with Gasteiger partial charge in [-0.2, -0.15) is 0 Å². The van der Waals surface area contributed by atoms with Gasteiger partial charge in [0.2, 0.25) is 5.88 Å². The molecule has 0 spiro atoms. The summed E-state index contributed by atoms with van der Waals surface area (Å²) in [5, 5.41) is 9.76. The Morgan fingerprint density at radius 3 is 2.76 bits per heavy atom. The number of pyridine rings is 1. The lowest BCUT2D eigenvalue weighted by atomic mass is 10.2. The van der Waals surface area contributed by atoms with Crippen LogP contribution in [0.1, 0.15) is 32.1 Å². The maximum absolute atomic E-state index is 11.0. The van der Waals surface area contributed by atoms with Crippen molar-refractivity contribution in [3.05, 3.63) is 23.9 Å². The van der Waals surface area contributed by atoms with Gasteiger partial charge in [0.15, 0.2) is 0 Å². The third kappa shape index (κ3) is 4.40. The van der Waals surface area contributed by atoms with Crippen molar-refractivity contribution in [3.8, 4) is 5.88 Å². The third-order valence-corrected chi connectivity index (χ3v) is 2.03. The Labute approximate surface area is 100 Å². The monoisotopic (exact) mass is 239 g/mol. The standard InChI is InChI=1S/C12H17NO4/c1-8(2)17-11-6-4-5-9(13-11)10(14)7-12(15)16-3/h4-6,8,10,14H,7H2,1-3H3. The van der Waals surface area contributed by atoms with Gasteiger partial charge >= 0.3 is 5.97 Å². The molecule has 0 bridgehead atoms. The van der Waals surface area contributed by atoms with E-state index >= 15 is 0 Å². The lowest BCUT2D eigenvalue weighted by Gasteiger charge is -2.12. The molecule has 1 aromatic heterocycles. The predicted octanol–water partition coefficient (Wildman–Crippen LogP) is 1.47. The molecule has 1 N–H and O–H groups in total. The van der Waals surface area contributed by atoms with Gasteiger partial charge < -0.3 is 14.6 Å². The molecular formula is C12H17NO4. The van der Waals surface area contributed by atoms with Crippen LogP contribution < -0.4 is 4.74 Å². The molecule has 94 valence electrons. The zero-order valence-electron chi connectivity index (χ0n) is 10.2. The lowest BCUT2D eigenvalue weighted by molar-refractivity contribution is -0.142. The van der Waals surface area contributed by atoms with Crippen molar-refractivity contribution >= 4 is 5.97 Å². The highest BCUT2D eigenvalue weighted by Gasteiger charge is 2.15. The quantitative estimate of drug-likeness (QED) is 0.788. The summed E-state index contributed by atoms with van der Waals surface area (Å²) in [6.45, 7) is 3.78. The van der Waals surface area contributed by atoms with Crippen molar-refractivity contribution in [2.75, 3.05) is 7.11 Å². The molecule has 5 nitrogen and oxygen atoms in total. The van der Waals surface area contributed by atoms with Crippen LogP contribution in [0.4, 0.5) is 0 Å². The van der Waals surface area contributed by atoms with Gasteiger partial charge in [-0.3, -0.25) is 4.79 Å². The molecule has 0 aliphatic heterocycles. The van der Waals surface area contributed by atoms with Gasteiger partial charge in [0.1, 0.15) is 6.10 Å². The van der Waals surface area contributed by atoms with Gasteiger partial charge in [0.05, 0.1) is 25.3 Å². The average Bonchev–Trinajstić information content (AvgIpc) is 2.28. The molecule has 0 saturated carbocycles. The van der Waals surface area contributed by atoms with E-state index in [1.54, 1.807) is 18.2 Å². The molecule has 17 heavy (non-hydrogen) atoms. The molecule has 0 radical (unpaired) electrons. The van der Waals surface area contributed by atoms with Gasteiger partial charge in [-0.25, -0.2) is 4.98 Å². The Morgan fingerprint density at radius 2 is 2.18 bits per heavy atom. The van der Waals surface area contributed by atoms with Crippen LogP contribution in [-0.2, 0) is 9.53 Å². The number of aliphatic hydroxyl groups excluding tert-OH is 1. The number of hydrogen-bond acceptors (Lipinski definition) is 5. The van der Waals surface area contributed by atoms with Crippen molar-refractivity contribution < 1.29 is 19.4 Å². The van der Waals surface area contributed by atoms with Crippen LogP contribution in [0.2, 0.25) is 0 Å². The molecule has 1 atom stereocenters. The van der Waals surface area contributed by atoms with E-state index in [9.17, 15) is 9.90 Å². The fourth-order valence-electron chi connectivity index (χ4n) is 1.27. The first-order chi connectivity index (χ1) is 8.02. The van der Waals surface area contributed by atoms with Gasteiger partial charge in [-0.15, -0.1) is 0 Å². The maximum Gasteiger partial charge on any atom is 0.308 e. The molecule has 1 heterocycles. The lowest BCUT2D eigenvalue weighted by Crippen LogP contribution is -2.11. The highest BCUT2D eigenvalue weighted by atomic mass is 16.5. The average molecular weight is 239 g/mol. The van der Waals surface area contributed by atoms with Crippen molar-refractivity contribution in [2.45, 2.75) is 32.5 Å². The van der Waals surface area contributed by atoms with Crippen LogP contribution in [0.25, 0.3) is 0 Å². The fourth-order valence-corrected chi connectivity index (χ4v) is 1.27. The Kier molecular flexibility index (Phi) is 4.90. The number of ether oxygens (including phenoxy) is 2. The Balaban J connectivity index is 2.73. The first-order valence-electron chi connectivity index (χ1n) is 5.41. The summed E-state index contributed by atoms with van der Waals surface area (Å²) < 4.78 is 9.88. The normalized spacial score (nSPS) is 12.3. The number of esters is 1. The van der Waals surface area contributed by atoms with E-state index in [-0.39, 0.29) is 12.5 Å². The van der Waals surface area contributed by atoms with Crippen LogP contribution in [0.3, 0.4) is 0 Å². The summed E-state index contributed by atoms with van der Waals surface area (Å²) in [4.78, 5) is 15.1. The maximum atomic E-state index is 11.0. The number of methoxy groups -OCH3 is 1. The van der Waals surface area contributed by atoms with Crippen LogP contribution in [0.15, 0.2) is 18.2 Å². The minimum Gasteiger partial charge on any atom is -0.475 e. The van der Waals surface area contributed by atoms with Crippen LogP contribution in [-0.4, -0.2) is 29.3 Å². The summed E-state index contributed by atoms with van der Waals surface area (Å²) in [6.07, 6.45) is -1.08. The molecule has 0 saturated heterocycles. The largest absolute Gasteiger partial charge is 0.475 e. The number of aromatic nitrogens is 1. The summed E-state index contributed by atoms with van der Waals surface area (Å²) in [5.41, 5.74) is 0.397. The zero-order valence-corrected chi connectivity index (χ0v) is 10.2. The third-order valence-electron chi connectivity index (χ3n) is 2.03. The second kappa shape index (κ2) is 6.20. The van der Waals surface area contributed by atoms with Gasteiger partial charge in [-0.05, 0) is 19.9 Å². The Hall–Kier alpha value is -1.62. The van der Waals surface area contributed by atoms with Gasteiger partial charge in [0, 0.05) is 6.07 Å². The molecule has 0 aromatic carbocycles. The minimum atomic E-state index is -0.974. The van der Waals surface area contributed by atoms with Crippen LogP contribution in [0.5, 0.6) is 5.88 Å². The molecule has 1 unspecified atom stereocenters. The van der Waals surface area contributed by atoms with Crippen molar-refractivity contribution in [3.63, 3.8) is 0 Å². The van der Waals surface area contributed by atoms with Crippen LogP contribution in [0, 0.1) is 0 Å². The molecule has 5 heteroatoms. The summed E-state index contributed by atoms with van der Waals surface area (Å²) in [5.74, 6) is -0.0455. The Bertz CT molecular complexity index is 379. The van der Waals surface area contributed by atoms with E-state index in [1.807, 2.05) is 13.8 Å². The number of nitrogens with zero attached hydrogens (tertiary/aromatic N) is 1. The molecule has 0 aliphatic carbocycles. The smallest absolute Gasteiger partial charge is 0.308 e. The fraction of sp³-hybridized carbons (Fsp3) is 0.500. The van der Waals surface area contributed by atoms with E-state index in [0.29, 0.717) is 11.6 Å². The molecule has 0 fully saturated rings. The first-order valence-corrected chi connectivity index (χ1v) is 5.41. The molecule has 1 aromatic rings. The van der Waals surface area contributed by atoms with E-state index in [1.165, 1.54) is 7.11 Å². The molecular weight excluding hydrogens is 222 g/mol. The molecule has 0 aliphatic rings. The molecule has 1 rings (SSSR count). The summed E-state index contributed by atoms with van der Waals surface area (Å²) >= 11 is 0. The van der Waals surface area contributed by atoms with Gasteiger partial charge in [-0.1, -0.05) is 6.07 Å². The van der Waals surface area contributed by atoms with Crippen molar-refractivity contribution in [1.82, 2.24) is 4.98 Å². The van der Waals surface area contributed by atoms with Gasteiger partial charge in [0.25, 0.3) is 0 Å². The summed E-state index contributed by atoms with van der Waals surface area (Å²) in [6, 6.07) is 5.07. The van der Waals surface area contributed by atoms with Crippen molar-refractivity contribution in [2.24, 2.45) is 0 Å². The number of carbonyl (C=O) groups is 1. The second-order valence-corrected chi connectivity index (χ2v) is 3.86. The predicted molar refractivity (Wildman–Crippen MR) is 61.6 cm³/mol. The van der Waals surface area contributed by atoms with Crippen molar-refractivity contribution in [1.29, 1.82) is 0 Å². The summed E-state index contributed by atoms with van der Waals surface area (Å²) in [7, 11) is 1.28. The topological polar surface area (TPSA) is 68.7 Å². The molecule has 0 amide bonds. The Morgan fingerprint density at radius 1 is 1.47 bits per heavy atom. The van der Waals surface area contributed by atoms with E-state index in [0.717, 1.165) is 0 Å². The second-order valence-electron chi connectivity index (χ2n) is 3.86. The number of hydrogen-bond donors (Lipinski definition) is 1. The SMILES string of the molecule is COC(=O)CC(O)c1cccc(OC(C)C)n1. The van der Waals surface area contributed by atoms with Crippen LogP contribution >= 0.6 is 0 Å². The zero-order chi connectivity index (χ0) is 12.8. The highest BCUT2D eigenvalue weighted by Crippen LogP contribution is 2.18. The highest BCUT2D eigenvalue weighted by molar-refractivity contribution is 5.69. The number of carbonyl (C=O) groups excluding carboxylic acids is 1. The number of rotatable bonds is 5. The first kappa shape index (κ1) is 13.4. The number of aliphatic hydroxyl groups is 1. The van der Waals surface area contributed by atoms with E-state index in [2.05, 4.69) is 9.72 Å².